The van der Waals surface area contributed by atoms with Crippen LogP contribution in [0.25, 0.3) is 0 Å². The first-order valence-electron chi connectivity index (χ1n) is 9.14. The largest absolute Gasteiger partial charge is 0.497 e. The molecule has 2 N–H and O–H groups in total. The highest BCUT2D eigenvalue weighted by atomic mass is 32.2. The van der Waals surface area contributed by atoms with E-state index in [9.17, 15) is 9.59 Å². The van der Waals surface area contributed by atoms with Crippen LogP contribution >= 0.6 is 11.8 Å². The first-order chi connectivity index (χ1) is 14.5. The van der Waals surface area contributed by atoms with Gasteiger partial charge in [0, 0.05) is 12.5 Å². The molecule has 9 heteroatoms. The average molecular weight is 426 g/mol. The zero-order valence-electron chi connectivity index (χ0n) is 16.9. The Hall–Kier alpha value is -3.33. The number of aryl methyl sites for hydroxylation is 1. The Labute approximate surface area is 178 Å². The molecule has 0 spiro atoms. The van der Waals surface area contributed by atoms with E-state index in [0.29, 0.717) is 29.3 Å². The van der Waals surface area contributed by atoms with Crippen molar-refractivity contribution in [1.29, 1.82) is 0 Å². The number of H-pyrrole nitrogens is 1. The quantitative estimate of drug-likeness (QED) is 0.534. The third kappa shape index (κ3) is 5.60. The maximum absolute atomic E-state index is 12.3. The molecule has 156 valence electrons. The molecule has 2 aromatic carbocycles. The zero-order valence-corrected chi connectivity index (χ0v) is 17.7. The minimum atomic E-state index is -0.315. The summed E-state index contributed by atoms with van der Waals surface area (Å²) in [6.45, 7) is 2.00. The molecule has 0 aliphatic carbocycles. The second-order valence-corrected chi connectivity index (χ2v) is 7.44. The molecule has 3 aromatic rings. The Morgan fingerprint density at radius 3 is 2.53 bits per heavy atom. The number of amides is 1. The summed E-state index contributed by atoms with van der Waals surface area (Å²) < 4.78 is 10.4. The lowest BCUT2D eigenvalue weighted by atomic mass is 10.1. The number of carbonyl (C=O) groups excluding carboxylic acids is 1. The number of methoxy groups -OCH3 is 2. The third-order valence-corrected chi connectivity index (χ3v) is 5.12. The number of nitrogens with zero attached hydrogens (tertiary/aromatic N) is 2. The SMILES string of the molecule is COc1ccc(NC(=O)CSc2nnc(Cc3ccc(C)cc3)c(=O)[nH]2)c(OC)c1. The number of benzene rings is 2. The Balaban J connectivity index is 1.59. The van der Waals surface area contributed by atoms with E-state index in [1.807, 2.05) is 31.2 Å². The summed E-state index contributed by atoms with van der Waals surface area (Å²) >= 11 is 1.09. The molecule has 0 fully saturated rings. The van der Waals surface area contributed by atoms with E-state index in [1.165, 1.54) is 7.11 Å². The molecule has 3 rings (SSSR count). The first kappa shape index (κ1) is 21.4. The fraction of sp³-hybridized carbons (Fsp3) is 0.238. The topological polar surface area (TPSA) is 106 Å². The number of anilines is 1. The van der Waals surface area contributed by atoms with Gasteiger partial charge in [0.25, 0.3) is 5.56 Å². The number of aromatic amines is 1. The molecule has 30 heavy (non-hydrogen) atoms. The number of ether oxygens (including phenoxy) is 2. The van der Waals surface area contributed by atoms with Gasteiger partial charge < -0.3 is 14.8 Å². The monoisotopic (exact) mass is 426 g/mol. The van der Waals surface area contributed by atoms with E-state index >= 15 is 0 Å². The van der Waals surface area contributed by atoms with Gasteiger partial charge in [-0.25, -0.2) is 0 Å². The van der Waals surface area contributed by atoms with Gasteiger partial charge in [0.2, 0.25) is 5.91 Å². The van der Waals surface area contributed by atoms with Crippen LogP contribution in [0.3, 0.4) is 0 Å². The van der Waals surface area contributed by atoms with Gasteiger partial charge in [-0.05, 0) is 24.6 Å². The van der Waals surface area contributed by atoms with Gasteiger partial charge >= 0.3 is 0 Å². The van der Waals surface area contributed by atoms with Crippen molar-refractivity contribution in [2.24, 2.45) is 0 Å². The molecule has 0 aliphatic rings. The molecule has 1 aromatic heterocycles. The summed E-state index contributed by atoms with van der Waals surface area (Å²) in [6, 6.07) is 13.0. The van der Waals surface area contributed by atoms with E-state index in [4.69, 9.17) is 9.47 Å². The van der Waals surface area contributed by atoms with Crippen LogP contribution in [0.2, 0.25) is 0 Å². The maximum Gasteiger partial charge on any atom is 0.273 e. The number of rotatable bonds is 8. The van der Waals surface area contributed by atoms with Gasteiger partial charge in [-0.1, -0.05) is 41.6 Å². The highest BCUT2D eigenvalue weighted by Crippen LogP contribution is 2.29. The Morgan fingerprint density at radius 1 is 1.10 bits per heavy atom. The van der Waals surface area contributed by atoms with E-state index in [0.717, 1.165) is 22.9 Å². The van der Waals surface area contributed by atoms with Gasteiger partial charge in [0.05, 0.1) is 25.7 Å². The van der Waals surface area contributed by atoms with Crippen molar-refractivity contribution in [2.45, 2.75) is 18.5 Å². The zero-order chi connectivity index (χ0) is 21.5. The standard InChI is InChI=1S/C21H22N4O4S/c1-13-4-6-14(7-5-13)10-17-20(27)23-21(25-24-17)30-12-19(26)22-16-9-8-15(28-2)11-18(16)29-3/h4-9,11H,10,12H2,1-3H3,(H,22,26)(H,23,25,27). The van der Waals surface area contributed by atoms with Crippen molar-refractivity contribution in [3.63, 3.8) is 0 Å². The summed E-state index contributed by atoms with van der Waals surface area (Å²) in [4.78, 5) is 27.2. The Kier molecular flexibility index (Phi) is 7.08. The van der Waals surface area contributed by atoms with E-state index in [-0.39, 0.29) is 22.4 Å². The van der Waals surface area contributed by atoms with Crippen LogP contribution in [0.15, 0.2) is 52.4 Å². The molecule has 0 saturated carbocycles. The molecule has 0 aliphatic heterocycles. The van der Waals surface area contributed by atoms with Crippen molar-refractivity contribution >= 4 is 23.4 Å². The molecule has 1 amide bonds. The molecule has 1 heterocycles. The van der Waals surface area contributed by atoms with Crippen molar-refractivity contribution in [3.8, 4) is 11.5 Å². The fourth-order valence-electron chi connectivity index (χ4n) is 2.65. The van der Waals surface area contributed by atoms with Crippen LogP contribution in [0.1, 0.15) is 16.8 Å². The van der Waals surface area contributed by atoms with Crippen molar-refractivity contribution in [2.75, 3.05) is 25.3 Å². The highest BCUT2D eigenvalue weighted by Gasteiger charge is 2.12. The lowest BCUT2D eigenvalue weighted by molar-refractivity contribution is -0.113. The molecule has 0 saturated heterocycles. The van der Waals surface area contributed by atoms with E-state index in [2.05, 4.69) is 20.5 Å². The lowest BCUT2D eigenvalue weighted by Crippen LogP contribution is -2.19. The van der Waals surface area contributed by atoms with Gasteiger partial charge in [-0.2, -0.15) is 0 Å². The van der Waals surface area contributed by atoms with Crippen LogP contribution in [0.4, 0.5) is 5.69 Å². The molecular weight excluding hydrogens is 404 g/mol. The lowest BCUT2D eigenvalue weighted by Gasteiger charge is -2.11. The predicted molar refractivity (Wildman–Crippen MR) is 116 cm³/mol. The predicted octanol–water partition coefficient (Wildman–Crippen LogP) is 2.81. The highest BCUT2D eigenvalue weighted by molar-refractivity contribution is 7.99. The van der Waals surface area contributed by atoms with Crippen molar-refractivity contribution in [3.05, 3.63) is 69.6 Å². The van der Waals surface area contributed by atoms with E-state index in [1.54, 1.807) is 25.3 Å². The van der Waals surface area contributed by atoms with Crippen LogP contribution in [-0.4, -0.2) is 41.1 Å². The number of thioether (sulfide) groups is 1. The van der Waals surface area contributed by atoms with Crippen LogP contribution in [-0.2, 0) is 11.2 Å². The van der Waals surface area contributed by atoms with Crippen LogP contribution < -0.4 is 20.3 Å². The van der Waals surface area contributed by atoms with Gasteiger partial charge in [0.1, 0.15) is 17.2 Å². The second kappa shape index (κ2) is 9.93. The fourth-order valence-corrected chi connectivity index (χ4v) is 3.25. The summed E-state index contributed by atoms with van der Waals surface area (Å²) in [5, 5.41) is 11.1. The van der Waals surface area contributed by atoms with Gasteiger partial charge in [-0.3, -0.25) is 14.6 Å². The Morgan fingerprint density at radius 2 is 1.87 bits per heavy atom. The van der Waals surface area contributed by atoms with Crippen molar-refractivity contribution < 1.29 is 14.3 Å². The summed E-state index contributed by atoms with van der Waals surface area (Å²) in [5.41, 5.74) is 2.67. The Bertz CT molecular complexity index is 1080. The second-order valence-electron chi connectivity index (χ2n) is 6.47. The number of hydrogen-bond acceptors (Lipinski definition) is 7. The summed E-state index contributed by atoms with van der Waals surface area (Å²) in [6.07, 6.45) is 0.394. The first-order valence-corrected chi connectivity index (χ1v) is 10.1. The number of nitrogens with one attached hydrogen (secondary N) is 2. The average Bonchev–Trinajstić information content (AvgIpc) is 2.75. The van der Waals surface area contributed by atoms with Crippen molar-refractivity contribution in [1.82, 2.24) is 15.2 Å². The van der Waals surface area contributed by atoms with Crippen LogP contribution in [0, 0.1) is 6.92 Å². The van der Waals surface area contributed by atoms with Crippen LogP contribution in [0.5, 0.6) is 11.5 Å². The number of aromatic nitrogens is 3. The molecule has 8 nitrogen and oxygen atoms in total. The molecular formula is C21H22N4O4S. The summed E-state index contributed by atoms with van der Waals surface area (Å²) in [5.74, 6) is 0.894. The third-order valence-electron chi connectivity index (χ3n) is 4.26. The number of hydrogen-bond donors (Lipinski definition) is 2. The normalized spacial score (nSPS) is 10.5. The maximum atomic E-state index is 12.3. The van der Waals surface area contributed by atoms with E-state index < -0.39 is 0 Å². The number of carbonyl (C=O) groups is 1. The summed E-state index contributed by atoms with van der Waals surface area (Å²) in [7, 11) is 3.06. The molecule has 0 atom stereocenters. The minimum absolute atomic E-state index is 0.0527. The molecule has 0 unspecified atom stereocenters. The smallest absolute Gasteiger partial charge is 0.273 e. The molecule has 0 radical (unpaired) electrons. The molecule has 0 bridgehead atoms. The minimum Gasteiger partial charge on any atom is -0.497 e. The van der Waals surface area contributed by atoms with Gasteiger partial charge in [-0.15, -0.1) is 10.2 Å². The van der Waals surface area contributed by atoms with Gasteiger partial charge in [0.15, 0.2) is 5.16 Å².